The molecular weight excluding hydrogens is 267 g/mol. The molecular formula is C17H27FN2O. The van der Waals surface area contributed by atoms with E-state index in [4.69, 9.17) is 4.74 Å². The predicted molar refractivity (Wildman–Crippen MR) is 85.2 cm³/mol. The van der Waals surface area contributed by atoms with Gasteiger partial charge in [0.15, 0.2) is 0 Å². The summed E-state index contributed by atoms with van der Waals surface area (Å²) in [4.78, 5) is 2.24. The lowest BCUT2D eigenvalue weighted by Gasteiger charge is -2.29. The Balaban J connectivity index is 2.17. The maximum absolute atomic E-state index is 14.2. The highest BCUT2D eigenvalue weighted by atomic mass is 19.1. The smallest absolute Gasteiger partial charge is 0.129 e. The van der Waals surface area contributed by atoms with Crippen molar-refractivity contribution in [3.8, 4) is 0 Å². The van der Waals surface area contributed by atoms with Crippen molar-refractivity contribution < 1.29 is 9.13 Å². The largest absolute Gasteiger partial charge is 0.383 e. The Hall–Kier alpha value is -1.13. The molecule has 0 atom stereocenters. The Bertz CT molecular complexity index is 446. The second-order valence-electron chi connectivity index (χ2n) is 6.23. The number of nitrogens with one attached hydrogen (secondary N) is 1. The Morgan fingerprint density at radius 2 is 2.14 bits per heavy atom. The molecule has 1 aliphatic rings. The number of hydrogen-bond acceptors (Lipinski definition) is 3. The number of anilines is 1. The van der Waals surface area contributed by atoms with E-state index in [0.29, 0.717) is 25.1 Å². The lowest BCUT2D eigenvalue weighted by molar-refractivity contribution is 0.204. The van der Waals surface area contributed by atoms with Crippen LogP contribution in [0.4, 0.5) is 10.1 Å². The number of hydrogen-bond donors (Lipinski definition) is 1. The molecule has 0 spiro atoms. The van der Waals surface area contributed by atoms with Crippen molar-refractivity contribution in [1.29, 1.82) is 0 Å². The molecule has 118 valence electrons. The first kappa shape index (κ1) is 16.2. The molecule has 1 aromatic carbocycles. The number of ether oxygens (including phenoxy) is 1. The molecule has 0 aromatic heterocycles. The van der Waals surface area contributed by atoms with Gasteiger partial charge < -0.3 is 15.0 Å². The zero-order valence-electron chi connectivity index (χ0n) is 13.4. The van der Waals surface area contributed by atoms with Crippen molar-refractivity contribution in [2.75, 3.05) is 31.7 Å². The van der Waals surface area contributed by atoms with Crippen molar-refractivity contribution in [3.05, 3.63) is 29.6 Å². The Kier molecular flexibility index (Phi) is 6.00. The molecule has 0 amide bonds. The van der Waals surface area contributed by atoms with E-state index in [9.17, 15) is 4.39 Å². The van der Waals surface area contributed by atoms with E-state index < -0.39 is 0 Å². The molecule has 1 fully saturated rings. The Morgan fingerprint density at radius 3 is 2.76 bits per heavy atom. The van der Waals surface area contributed by atoms with E-state index in [1.165, 1.54) is 12.8 Å². The molecule has 0 heterocycles. The monoisotopic (exact) mass is 294 g/mol. The van der Waals surface area contributed by atoms with Gasteiger partial charge in [0.05, 0.1) is 6.61 Å². The van der Waals surface area contributed by atoms with Crippen LogP contribution in [0.25, 0.3) is 0 Å². The quantitative estimate of drug-likeness (QED) is 0.757. The lowest BCUT2D eigenvalue weighted by atomic mass is 10.1. The summed E-state index contributed by atoms with van der Waals surface area (Å²) in [6.45, 7) is 7.31. The SMILES string of the molecule is COCCN(CC(C)C)c1cccc(F)c1CNC1CC1. The van der Waals surface area contributed by atoms with Crippen molar-refractivity contribution in [2.24, 2.45) is 5.92 Å². The van der Waals surface area contributed by atoms with Crippen molar-refractivity contribution >= 4 is 5.69 Å². The van der Waals surface area contributed by atoms with E-state index in [0.717, 1.165) is 24.3 Å². The minimum atomic E-state index is -0.119. The van der Waals surface area contributed by atoms with Gasteiger partial charge in [-0.3, -0.25) is 0 Å². The van der Waals surface area contributed by atoms with Gasteiger partial charge in [-0.2, -0.15) is 0 Å². The zero-order valence-corrected chi connectivity index (χ0v) is 13.4. The molecule has 0 unspecified atom stereocenters. The van der Waals surface area contributed by atoms with Crippen LogP contribution < -0.4 is 10.2 Å². The molecule has 0 radical (unpaired) electrons. The average Bonchev–Trinajstić information content (AvgIpc) is 3.25. The molecule has 3 nitrogen and oxygen atoms in total. The highest BCUT2D eigenvalue weighted by Gasteiger charge is 2.22. The molecule has 0 saturated heterocycles. The first-order valence-electron chi connectivity index (χ1n) is 7.86. The van der Waals surface area contributed by atoms with Gasteiger partial charge in [0.2, 0.25) is 0 Å². The molecule has 0 aliphatic heterocycles. The molecule has 21 heavy (non-hydrogen) atoms. The third-order valence-corrected chi connectivity index (χ3v) is 3.73. The van der Waals surface area contributed by atoms with Crippen LogP contribution in [-0.4, -0.2) is 32.8 Å². The minimum absolute atomic E-state index is 0.119. The molecule has 4 heteroatoms. The number of rotatable bonds is 9. The van der Waals surface area contributed by atoms with Gasteiger partial charge in [0, 0.05) is 44.0 Å². The van der Waals surface area contributed by atoms with Crippen LogP contribution in [0.3, 0.4) is 0 Å². The van der Waals surface area contributed by atoms with Gasteiger partial charge in [0.25, 0.3) is 0 Å². The van der Waals surface area contributed by atoms with Crippen molar-refractivity contribution in [2.45, 2.75) is 39.3 Å². The number of halogens is 1. The third kappa shape index (κ3) is 4.97. The minimum Gasteiger partial charge on any atom is -0.383 e. The fourth-order valence-electron chi connectivity index (χ4n) is 2.50. The maximum Gasteiger partial charge on any atom is 0.129 e. The topological polar surface area (TPSA) is 24.5 Å². The third-order valence-electron chi connectivity index (χ3n) is 3.73. The van der Waals surface area contributed by atoms with Crippen LogP contribution in [0.5, 0.6) is 0 Å². The Morgan fingerprint density at radius 1 is 1.38 bits per heavy atom. The van der Waals surface area contributed by atoms with Crippen LogP contribution in [0.1, 0.15) is 32.3 Å². The van der Waals surface area contributed by atoms with Gasteiger partial charge in [-0.05, 0) is 30.9 Å². The highest BCUT2D eigenvalue weighted by Crippen LogP contribution is 2.26. The van der Waals surface area contributed by atoms with Crippen LogP contribution in [0.15, 0.2) is 18.2 Å². The van der Waals surface area contributed by atoms with Gasteiger partial charge in [-0.15, -0.1) is 0 Å². The summed E-state index contributed by atoms with van der Waals surface area (Å²) in [6, 6.07) is 5.95. The standard InChI is InChI=1S/C17H27FN2O/c1-13(2)12-20(9-10-21-3)17-6-4-5-16(18)15(17)11-19-14-7-8-14/h4-6,13-14,19H,7-12H2,1-3H3. The summed E-state index contributed by atoms with van der Waals surface area (Å²) < 4.78 is 19.4. The van der Waals surface area contributed by atoms with Crippen molar-refractivity contribution in [3.63, 3.8) is 0 Å². The second-order valence-corrected chi connectivity index (χ2v) is 6.23. The van der Waals surface area contributed by atoms with Crippen LogP contribution in [-0.2, 0) is 11.3 Å². The molecule has 1 aromatic rings. The van der Waals surface area contributed by atoms with Gasteiger partial charge in [0.1, 0.15) is 5.82 Å². The fraction of sp³-hybridized carbons (Fsp3) is 0.647. The number of methoxy groups -OCH3 is 1. The van der Waals surface area contributed by atoms with Gasteiger partial charge in [-0.25, -0.2) is 4.39 Å². The Labute approximate surface area is 127 Å². The summed E-state index contributed by atoms with van der Waals surface area (Å²) in [5, 5.41) is 3.42. The molecule has 1 N–H and O–H groups in total. The van der Waals surface area contributed by atoms with Crippen LogP contribution in [0.2, 0.25) is 0 Å². The first-order chi connectivity index (χ1) is 10.1. The summed E-state index contributed by atoms with van der Waals surface area (Å²) >= 11 is 0. The normalized spacial score (nSPS) is 14.7. The van der Waals surface area contributed by atoms with E-state index in [1.54, 1.807) is 19.2 Å². The fourth-order valence-corrected chi connectivity index (χ4v) is 2.50. The molecule has 0 bridgehead atoms. The number of nitrogens with zero attached hydrogens (tertiary/aromatic N) is 1. The molecule has 1 saturated carbocycles. The summed E-state index contributed by atoms with van der Waals surface area (Å²) in [6.07, 6.45) is 2.42. The first-order valence-corrected chi connectivity index (χ1v) is 7.86. The van der Waals surface area contributed by atoms with E-state index in [2.05, 4.69) is 24.1 Å². The van der Waals surface area contributed by atoms with Crippen LogP contribution >= 0.6 is 0 Å². The van der Waals surface area contributed by atoms with Gasteiger partial charge in [-0.1, -0.05) is 19.9 Å². The maximum atomic E-state index is 14.2. The van der Waals surface area contributed by atoms with Crippen molar-refractivity contribution in [1.82, 2.24) is 5.32 Å². The van der Waals surface area contributed by atoms with E-state index >= 15 is 0 Å². The number of benzene rings is 1. The van der Waals surface area contributed by atoms with Crippen LogP contribution in [0, 0.1) is 11.7 Å². The summed E-state index contributed by atoms with van der Waals surface area (Å²) in [5.74, 6) is 0.404. The van der Waals surface area contributed by atoms with Gasteiger partial charge >= 0.3 is 0 Å². The molecule has 1 aliphatic carbocycles. The zero-order chi connectivity index (χ0) is 15.2. The summed E-state index contributed by atoms with van der Waals surface area (Å²) in [7, 11) is 1.70. The molecule has 2 rings (SSSR count). The highest BCUT2D eigenvalue weighted by molar-refractivity contribution is 5.54. The van der Waals surface area contributed by atoms with E-state index in [1.807, 2.05) is 6.07 Å². The average molecular weight is 294 g/mol. The summed E-state index contributed by atoms with van der Waals surface area (Å²) in [5.41, 5.74) is 1.77. The predicted octanol–water partition coefficient (Wildman–Crippen LogP) is 3.19. The lowest BCUT2D eigenvalue weighted by Crippen LogP contribution is -2.32. The second kappa shape index (κ2) is 7.76. The van der Waals surface area contributed by atoms with E-state index in [-0.39, 0.29) is 5.82 Å².